The average Bonchev–Trinajstić information content (AvgIpc) is 2.38. The van der Waals surface area contributed by atoms with E-state index in [1.54, 1.807) is 30.3 Å². The lowest BCUT2D eigenvalue weighted by Gasteiger charge is -2.04. The van der Waals surface area contributed by atoms with Gasteiger partial charge in [0.05, 0.1) is 9.82 Å². The Hall–Kier alpha value is -1.92. The summed E-state index contributed by atoms with van der Waals surface area (Å²) >= 11 is 0. The molecule has 0 saturated heterocycles. The Morgan fingerprint density at radius 1 is 1.05 bits per heavy atom. The number of para-hydroxylation sites is 1. The lowest BCUT2D eigenvalue weighted by molar-refractivity contribution is -0.385. The zero-order valence-corrected chi connectivity index (χ0v) is 11.8. The predicted molar refractivity (Wildman–Crippen MR) is 75.4 cm³/mol. The normalized spacial score (nSPS) is 11.2. The number of nitro groups is 1. The summed E-state index contributed by atoms with van der Waals surface area (Å²) in [7, 11) is 1.47. The molecule has 0 unspecified atom stereocenters. The monoisotopic (exact) mass is 311 g/mol. The van der Waals surface area contributed by atoms with Crippen LogP contribution in [0.2, 0.25) is 0 Å². The molecular weight excluding hydrogens is 302 g/mol. The Balaban J connectivity index is 2.30. The molecule has 0 bridgehead atoms. The van der Waals surface area contributed by atoms with Gasteiger partial charge in [0.1, 0.15) is 0 Å². The maximum absolute atomic E-state index is 11.1. The second-order valence-electron chi connectivity index (χ2n) is 4.14. The minimum atomic E-state index is -3.75. The molecule has 0 radical (unpaired) electrons. The molecule has 0 amide bonds. The summed E-state index contributed by atoms with van der Waals surface area (Å²) in [6.45, 7) is 0. The summed E-state index contributed by atoms with van der Waals surface area (Å²) in [5.41, 5.74) is 1.38. The first-order chi connectivity index (χ1) is 9.38. The molecule has 0 N–H and O–H groups in total. The highest BCUT2D eigenvalue weighted by Crippen LogP contribution is 2.22. The van der Waals surface area contributed by atoms with E-state index in [2.05, 4.69) is 0 Å². The van der Waals surface area contributed by atoms with E-state index in [0.717, 1.165) is 5.56 Å². The van der Waals surface area contributed by atoms with Gasteiger partial charge >= 0.3 is 0 Å². The number of halogens is 1. The van der Waals surface area contributed by atoms with Crippen molar-refractivity contribution in [2.75, 3.05) is 0 Å². The van der Waals surface area contributed by atoms with Crippen LogP contribution in [0.25, 0.3) is 0 Å². The molecular formula is C13H10ClNO4S. The molecule has 2 aromatic rings. The van der Waals surface area contributed by atoms with E-state index in [9.17, 15) is 18.5 Å². The number of hydrogen-bond acceptors (Lipinski definition) is 4. The van der Waals surface area contributed by atoms with Crippen molar-refractivity contribution in [2.45, 2.75) is 11.3 Å². The van der Waals surface area contributed by atoms with Gasteiger partial charge in [-0.1, -0.05) is 30.3 Å². The van der Waals surface area contributed by atoms with E-state index in [-0.39, 0.29) is 10.6 Å². The Morgan fingerprint density at radius 2 is 1.65 bits per heavy atom. The Morgan fingerprint density at radius 3 is 2.20 bits per heavy atom. The fraction of sp³-hybridized carbons (Fsp3) is 0.0769. The minimum absolute atomic E-state index is 0.00507. The third-order valence-corrected chi connectivity index (χ3v) is 4.16. The SMILES string of the molecule is O=[N+]([O-])c1ccccc1Cc1ccc(S(=O)(=O)Cl)cc1. The lowest BCUT2D eigenvalue weighted by Crippen LogP contribution is -1.97. The highest BCUT2D eigenvalue weighted by molar-refractivity contribution is 8.13. The van der Waals surface area contributed by atoms with Crippen LogP contribution in [0.15, 0.2) is 53.4 Å². The van der Waals surface area contributed by atoms with Crippen LogP contribution in [0.4, 0.5) is 5.69 Å². The number of rotatable bonds is 4. The quantitative estimate of drug-likeness (QED) is 0.494. The number of benzene rings is 2. The summed E-state index contributed by atoms with van der Waals surface area (Å²) < 4.78 is 22.2. The molecule has 0 aliphatic heterocycles. The van der Waals surface area contributed by atoms with Crippen molar-refractivity contribution in [1.29, 1.82) is 0 Å². The van der Waals surface area contributed by atoms with Crippen LogP contribution in [0.3, 0.4) is 0 Å². The van der Waals surface area contributed by atoms with Crippen molar-refractivity contribution in [1.82, 2.24) is 0 Å². The fourth-order valence-corrected chi connectivity index (χ4v) is 2.60. The summed E-state index contributed by atoms with van der Waals surface area (Å²) in [6, 6.07) is 12.4. The van der Waals surface area contributed by atoms with E-state index in [1.807, 2.05) is 0 Å². The Labute approximate surface area is 120 Å². The van der Waals surface area contributed by atoms with Crippen LogP contribution < -0.4 is 0 Å². The van der Waals surface area contributed by atoms with Crippen LogP contribution >= 0.6 is 10.7 Å². The summed E-state index contributed by atoms with van der Waals surface area (Å²) in [5.74, 6) is 0. The molecule has 5 nitrogen and oxygen atoms in total. The topological polar surface area (TPSA) is 77.3 Å². The van der Waals surface area contributed by atoms with Gasteiger partial charge in [-0.05, 0) is 17.7 Å². The molecule has 0 aliphatic carbocycles. The largest absolute Gasteiger partial charge is 0.272 e. The first-order valence-electron chi connectivity index (χ1n) is 5.64. The van der Waals surface area contributed by atoms with E-state index in [0.29, 0.717) is 12.0 Å². The molecule has 7 heteroatoms. The lowest BCUT2D eigenvalue weighted by atomic mass is 10.0. The van der Waals surface area contributed by atoms with Crippen LogP contribution in [0.5, 0.6) is 0 Å². The molecule has 0 heterocycles. The second-order valence-corrected chi connectivity index (χ2v) is 6.71. The van der Waals surface area contributed by atoms with Crippen molar-refractivity contribution in [3.8, 4) is 0 Å². The van der Waals surface area contributed by atoms with Crippen LogP contribution in [0, 0.1) is 10.1 Å². The summed E-state index contributed by atoms with van der Waals surface area (Å²) in [5, 5.41) is 10.9. The number of hydrogen-bond donors (Lipinski definition) is 0. The van der Waals surface area contributed by atoms with Crippen molar-refractivity contribution < 1.29 is 13.3 Å². The highest BCUT2D eigenvalue weighted by Gasteiger charge is 2.13. The van der Waals surface area contributed by atoms with Gasteiger partial charge in [0.25, 0.3) is 14.7 Å². The first kappa shape index (κ1) is 14.5. The third kappa shape index (κ3) is 3.34. The van der Waals surface area contributed by atoms with E-state index in [4.69, 9.17) is 10.7 Å². The van der Waals surface area contributed by atoms with Gasteiger partial charge in [0, 0.05) is 28.7 Å². The van der Waals surface area contributed by atoms with Gasteiger partial charge in [0.2, 0.25) is 0 Å². The van der Waals surface area contributed by atoms with Crippen molar-refractivity contribution in [2.24, 2.45) is 0 Å². The zero-order chi connectivity index (χ0) is 14.8. The van der Waals surface area contributed by atoms with Gasteiger partial charge in [-0.3, -0.25) is 10.1 Å². The summed E-state index contributed by atoms with van der Waals surface area (Å²) in [6.07, 6.45) is 0.347. The smallest absolute Gasteiger partial charge is 0.258 e. The average molecular weight is 312 g/mol. The van der Waals surface area contributed by atoms with Gasteiger partial charge in [-0.15, -0.1) is 0 Å². The molecule has 0 saturated carbocycles. The molecule has 104 valence electrons. The maximum atomic E-state index is 11.1. The first-order valence-corrected chi connectivity index (χ1v) is 7.95. The standard InChI is InChI=1S/C13H10ClNO4S/c14-20(18,19)12-7-5-10(6-8-12)9-11-3-1-2-4-13(11)15(16)17/h1-8H,9H2. The Kier molecular flexibility index (Phi) is 4.06. The zero-order valence-electron chi connectivity index (χ0n) is 10.2. The second kappa shape index (κ2) is 5.60. The Bertz CT molecular complexity index is 741. The van der Waals surface area contributed by atoms with E-state index in [1.165, 1.54) is 18.2 Å². The molecule has 0 atom stereocenters. The van der Waals surface area contributed by atoms with Crippen molar-refractivity contribution >= 4 is 25.4 Å². The molecule has 2 rings (SSSR count). The van der Waals surface area contributed by atoms with Crippen LogP contribution in [-0.2, 0) is 15.5 Å². The fourth-order valence-electron chi connectivity index (χ4n) is 1.83. The third-order valence-electron chi connectivity index (χ3n) is 2.79. The molecule has 0 aromatic heterocycles. The van der Waals surface area contributed by atoms with E-state index >= 15 is 0 Å². The van der Waals surface area contributed by atoms with Gasteiger partial charge in [-0.2, -0.15) is 0 Å². The van der Waals surface area contributed by atoms with Gasteiger partial charge < -0.3 is 0 Å². The molecule has 0 aliphatic rings. The number of nitro benzene ring substituents is 1. The van der Waals surface area contributed by atoms with Gasteiger partial charge in [0.15, 0.2) is 0 Å². The summed E-state index contributed by atoms with van der Waals surface area (Å²) in [4.78, 5) is 10.5. The van der Waals surface area contributed by atoms with E-state index < -0.39 is 14.0 Å². The van der Waals surface area contributed by atoms with Crippen molar-refractivity contribution in [3.63, 3.8) is 0 Å². The molecule has 0 spiro atoms. The van der Waals surface area contributed by atoms with Crippen LogP contribution in [-0.4, -0.2) is 13.3 Å². The number of nitrogens with zero attached hydrogens (tertiary/aromatic N) is 1. The van der Waals surface area contributed by atoms with Crippen molar-refractivity contribution in [3.05, 3.63) is 69.8 Å². The molecule has 2 aromatic carbocycles. The van der Waals surface area contributed by atoms with Crippen LogP contribution in [0.1, 0.15) is 11.1 Å². The highest BCUT2D eigenvalue weighted by atomic mass is 35.7. The minimum Gasteiger partial charge on any atom is -0.258 e. The maximum Gasteiger partial charge on any atom is 0.272 e. The van der Waals surface area contributed by atoms with Gasteiger partial charge in [-0.25, -0.2) is 8.42 Å². The molecule has 20 heavy (non-hydrogen) atoms. The molecule has 0 fully saturated rings. The predicted octanol–water partition coefficient (Wildman–Crippen LogP) is 3.11.